The highest BCUT2D eigenvalue weighted by atomic mass is 35.5. The Kier molecular flexibility index (Phi) is 2.80. The first-order chi connectivity index (χ1) is 8.54. The maximum atomic E-state index is 11.9. The van der Waals surface area contributed by atoms with Gasteiger partial charge < -0.3 is 0 Å². The average Bonchev–Trinajstić information content (AvgIpc) is 2.69. The van der Waals surface area contributed by atoms with Gasteiger partial charge in [-0.2, -0.15) is 5.06 Å². The quantitative estimate of drug-likeness (QED) is 0.396. The molecule has 3 rings (SSSR count). The van der Waals surface area contributed by atoms with Crippen molar-refractivity contribution in [3.05, 3.63) is 10.1 Å². The Labute approximate surface area is 137 Å². The molecule has 0 aromatic heterocycles. The van der Waals surface area contributed by atoms with Crippen molar-refractivity contribution in [3.63, 3.8) is 0 Å². The fourth-order valence-electron chi connectivity index (χ4n) is 2.98. The number of nitrogens with zero attached hydrogens (tertiary/aromatic N) is 1. The second-order valence-corrected chi connectivity index (χ2v) is 7.85. The second kappa shape index (κ2) is 3.67. The Bertz CT molecular complexity index is 530. The van der Waals surface area contributed by atoms with Gasteiger partial charge in [0, 0.05) is 0 Å². The van der Waals surface area contributed by atoms with Gasteiger partial charge in [-0.05, 0) is 0 Å². The fourth-order valence-corrected chi connectivity index (χ4v) is 5.91. The van der Waals surface area contributed by atoms with Crippen LogP contribution in [-0.2, 0) is 9.59 Å². The zero-order valence-corrected chi connectivity index (χ0v) is 13.2. The van der Waals surface area contributed by atoms with Crippen LogP contribution in [0.25, 0.3) is 0 Å². The molecule has 4 atom stereocenters. The van der Waals surface area contributed by atoms with Crippen LogP contribution in [0.2, 0.25) is 0 Å². The van der Waals surface area contributed by atoms with E-state index in [4.69, 9.17) is 69.6 Å². The first-order valence-electron chi connectivity index (χ1n) is 4.93. The van der Waals surface area contributed by atoms with Crippen molar-refractivity contribution >= 4 is 81.4 Å². The number of rotatable bonds is 0. The van der Waals surface area contributed by atoms with E-state index < -0.39 is 37.7 Å². The van der Waals surface area contributed by atoms with E-state index in [0.29, 0.717) is 0 Å². The van der Waals surface area contributed by atoms with Crippen LogP contribution in [0, 0.1) is 11.8 Å². The lowest BCUT2D eigenvalue weighted by Gasteiger charge is -2.33. The summed E-state index contributed by atoms with van der Waals surface area (Å²) < 4.78 is -1.96. The van der Waals surface area contributed by atoms with E-state index in [1.807, 2.05) is 0 Å². The van der Waals surface area contributed by atoms with Crippen LogP contribution < -0.4 is 0 Å². The average molecular weight is 386 g/mol. The molecule has 10 heteroatoms. The molecular weight excluding hydrogens is 383 g/mol. The minimum absolute atomic E-state index is 0.0493. The highest BCUT2D eigenvalue weighted by Gasteiger charge is 2.87. The highest BCUT2D eigenvalue weighted by molar-refractivity contribution is 6.66. The Morgan fingerprint density at radius 1 is 0.895 bits per heavy atom. The summed E-state index contributed by atoms with van der Waals surface area (Å²) in [5, 5.41) is 9.01. The van der Waals surface area contributed by atoms with Gasteiger partial charge in [-0.3, -0.25) is 14.8 Å². The van der Waals surface area contributed by atoms with Gasteiger partial charge in [0.15, 0.2) is 4.33 Å². The van der Waals surface area contributed by atoms with Gasteiger partial charge in [-0.15, -0.1) is 23.2 Å². The molecule has 1 saturated heterocycles. The molecule has 0 unspecified atom stereocenters. The largest absolute Gasteiger partial charge is 0.278 e. The number of carbonyl (C=O) groups is 2. The van der Waals surface area contributed by atoms with Gasteiger partial charge >= 0.3 is 0 Å². The van der Waals surface area contributed by atoms with Gasteiger partial charge in [0.1, 0.15) is 9.75 Å². The summed E-state index contributed by atoms with van der Waals surface area (Å²) in [6.45, 7) is 0. The molecule has 1 N–H and O–H groups in total. The molecule has 104 valence electrons. The lowest BCUT2D eigenvalue weighted by molar-refractivity contribution is -0.173. The predicted octanol–water partition coefficient (Wildman–Crippen LogP) is 2.82. The van der Waals surface area contributed by atoms with Crippen LogP contribution in [-0.4, -0.2) is 36.2 Å². The van der Waals surface area contributed by atoms with Gasteiger partial charge in [-0.25, -0.2) is 0 Å². The van der Waals surface area contributed by atoms with Gasteiger partial charge in [0.25, 0.3) is 11.8 Å². The van der Waals surface area contributed by atoms with Crippen LogP contribution in [0.4, 0.5) is 0 Å². The summed E-state index contributed by atoms with van der Waals surface area (Å²) in [4.78, 5) is 20.2. The number of halogens is 6. The van der Waals surface area contributed by atoms with Crippen molar-refractivity contribution in [1.29, 1.82) is 0 Å². The monoisotopic (exact) mass is 383 g/mol. The van der Waals surface area contributed by atoms with E-state index in [1.54, 1.807) is 0 Å². The number of hydroxylamine groups is 2. The zero-order valence-electron chi connectivity index (χ0n) is 8.63. The standard InChI is InChI=1S/C9H3Cl6NO3/c10-3-4(11)8(13)2-1(5(17)16(19)6(2)18)7(3,12)9(8,14)15/h1-2,19H/t1-,2-,7-,8-/m0/s1. The Hall–Kier alpha value is 0.580. The maximum absolute atomic E-state index is 11.9. The van der Waals surface area contributed by atoms with Crippen molar-refractivity contribution in [1.82, 2.24) is 5.06 Å². The van der Waals surface area contributed by atoms with E-state index in [0.717, 1.165) is 0 Å². The predicted molar refractivity (Wildman–Crippen MR) is 71.0 cm³/mol. The maximum Gasteiger partial charge on any atom is 0.259 e. The fraction of sp³-hybridized carbons (Fsp3) is 0.556. The summed E-state index contributed by atoms with van der Waals surface area (Å²) in [7, 11) is 0. The molecule has 4 nitrogen and oxygen atoms in total. The molecular formula is C9H3Cl6NO3. The van der Waals surface area contributed by atoms with Crippen molar-refractivity contribution in [2.45, 2.75) is 14.1 Å². The minimum atomic E-state index is -1.96. The molecule has 0 spiro atoms. The molecule has 3 aliphatic rings. The molecule has 0 aromatic rings. The summed E-state index contributed by atoms with van der Waals surface area (Å²) >= 11 is 37.0. The smallest absolute Gasteiger partial charge is 0.259 e. The molecule has 2 aliphatic carbocycles. The van der Waals surface area contributed by atoms with Crippen molar-refractivity contribution in [2.75, 3.05) is 0 Å². The van der Waals surface area contributed by atoms with Crippen LogP contribution >= 0.6 is 69.6 Å². The van der Waals surface area contributed by atoms with E-state index in [-0.39, 0.29) is 15.1 Å². The van der Waals surface area contributed by atoms with Gasteiger partial charge in [-0.1, -0.05) is 46.4 Å². The van der Waals surface area contributed by atoms with Crippen LogP contribution in [0.3, 0.4) is 0 Å². The third-order valence-corrected chi connectivity index (χ3v) is 8.14. The van der Waals surface area contributed by atoms with E-state index in [2.05, 4.69) is 0 Å². The lowest BCUT2D eigenvalue weighted by Crippen LogP contribution is -2.49. The summed E-state index contributed by atoms with van der Waals surface area (Å²) in [6, 6.07) is 0. The minimum Gasteiger partial charge on any atom is -0.278 e. The molecule has 1 aliphatic heterocycles. The number of carbonyl (C=O) groups excluding carboxylic acids is 2. The van der Waals surface area contributed by atoms with Gasteiger partial charge in [0.05, 0.1) is 21.9 Å². The number of fused-ring (bicyclic) bond motifs is 5. The van der Waals surface area contributed by atoms with Crippen molar-refractivity contribution in [3.8, 4) is 0 Å². The van der Waals surface area contributed by atoms with E-state index in [1.165, 1.54) is 0 Å². The lowest BCUT2D eigenvalue weighted by atomic mass is 9.84. The molecule has 2 bridgehead atoms. The number of alkyl halides is 4. The van der Waals surface area contributed by atoms with Crippen molar-refractivity contribution in [2.24, 2.45) is 11.8 Å². The normalized spacial score (nSPS) is 47.4. The zero-order chi connectivity index (χ0) is 14.5. The molecule has 0 radical (unpaired) electrons. The molecule has 1 saturated carbocycles. The number of allylic oxidation sites excluding steroid dienone is 2. The number of hydrogen-bond acceptors (Lipinski definition) is 3. The second-order valence-electron chi connectivity index (χ2n) is 4.57. The van der Waals surface area contributed by atoms with Crippen LogP contribution in [0.15, 0.2) is 10.1 Å². The van der Waals surface area contributed by atoms with Crippen molar-refractivity contribution < 1.29 is 14.8 Å². The summed E-state index contributed by atoms with van der Waals surface area (Å²) in [5.74, 6) is -4.45. The SMILES string of the molecule is O=C1[C@@H]2[C@@H](C(=O)N1O)[C@]1(Cl)C(Cl)=C(Cl)[C@]2(Cl)C1(Cl)Cl. The summed E-state index contributed by atoms with van der Waals surface area (Å²) in [5.41, 5.74) is 0. The molecule has 2 amide bonds. The first-order valence-corrected chi connectivity index (χ1v) is 7.20. The third-order valence-electron chi connectivity index (χ3n) is 3.89. The van der Waals surface area contributed by atoms with Crippen LogP contribution in [0.5, 0.6) is 0 Å². The molecule has 1 heterocycles. The Balaban J connectivity index is 2.36. The summed E-state index contributed by atoms with van der Waals surface area (Å²) in [6.07, 6.45) is 0. The first kappa shape index (κ1) is 14.5. The highest BCUT2D eigenvalue weighted by Crippen LogP contribution is 2.77. The Morgan fingerprint density at radius 3 is 1.53 bits per heavy atom. The molecule has 2 fully saturated rings. The van der Waals surface area contributed by atoms with E-state index >= 15 is 0 Å². The number of hydrogen-bond donors (Lipinski definition) is 1. The molecule has 19 heavy (non-hydrogen) atoms. The Morgan fingerprint density at radius 2 is 1.21 bits per heavy atom. The topological polar surface area (TPSA) is 57.6 Å². The number of imide groups is 1. The van der Waals surface area contributed by atoms with E-state index in [9.17, 15) is 14.8 Å². The van der Waals surface area contributed by atoms with Gasteiger partial charge in [0.2, 0.25) is 0 Å². The third kappa shape index (κ3) is 1.15. The molecule has 0 aromatic carbocycles. The number of amides is 2. The van der Waals surface area contributed by atoms with Crippen LogP contribution in [0.1, 0.15) is 0 Å².